The second-order valence-corrected chi connectivity index (χ2v) is 12.4. The van der Waals surface area contributed by atoms with Crippen LogP contribution < -0.4 is 9.47 Å². The topological polar surface area (TPSA) is 161 Å². The van der Waals surface area contributed by atoms with Crippen LogP contribution in [0, 0.1) is 6.92 Å². The van der Waals surface area contributed by atoms with Crippen molar-refractivity contribution in [1.29, 1.82) is 0 Å². The van der Waals surface area contributed by atoms with E-state index in [9.17, 15) is 25.2 Å². The van der Waals surface area contributed by atoms with E-state index in [0.29, 0.717) is 19.4 Å². The number of hydrogen-bond donors (Lipinski definition) is 5. The molecule has 0 spiro atoms. The van der Waals surface area contributed by atoms with E-state index in [4.69, 9.17) is 14.2 Å². The quantitative estimate of drug-likeness (QED) is 0.197. The standard InChI is InChI=1S/C32H50N4O8/c1-20(2)27-24(31(34-33-27)44-32-30(41)29(40)28(39)25(19-37)43-32)18-22-10-11-23(17-21(22)3)42-16-8-6-5-7-9-26(38)36-14-12-35(4)13-15-36/h10-11,17,20,25,28-30,32,37,39-41H,5-9,12-16,18-19H2,1-4H3,(H,33,34)/t25-,28-,29+,30-,32+/m1/s1. The van der Waals surface area contributed by atoms with E-state index in [-0.39, 0.29) is 17.7 Å². The Morgan fingerprint density at radius 1 is 1.07 bits per heavy atom. The van der Waals surface area contributed by atoms with Crippen LogP contribution >= 0.6 is 0 Å². The molecule has 2 saturated heterocycles. The number of piperazine rings is 1. The van der Waals surface area contributed by atoms with Crippen LogP contribution in [0.1, 0.15) is 74.3 Å². The van der Waals surface area contributed by atoms with Crippen LogP contribution in [0.4, 0.5) is 0 Å². The number of benzene rings is 1. The van der Waals surface area contributed by atoms with Crippen LogP contribution in [-0.4, -0.2) is 123 Å². The molecule has 0 unspecified atom stereocenters. The van der Waals surface area contributed by atoms with E-state index in [2.05, 4.69) is 22.1 Å². The number of aryl methyl sites for hydroxylation is 1. The van der Waals surface area contributed by atoms with Crippen LogP contribution in [-0.2, 0) is 16.0 Å². The Bertz CT molecular complexity index is 1200. The van der Waals surface area contributed by atoms with Gasteiger partial charge < -0.3 is 44.4 Å². The van der Waals surface area contributed by atoms with Crippen LogP contribution in [0.15, 0.2) is 18.2 Å². The highest BCUT2D eigenvalue weighted by Crippen LogP contribution is 2.32. The molecule has 0 bridgehead atoms. The Morgan fingerprint density at radius 2 is 1.80 bits per heavy atom. The van der Waals surface area contributed by atoms with Crippen molar-refractivity contribution < 1.29 is 39.4 Å². The molecule has 0 saturated carbocycles. The van der Waals surface area contributed by atoms with Crippen molar-refractivity contribution in [1.82, 2.24) is 20.0 Å². The Labute approximate surface area is 259 Å². The molecule has 1 aromatic carbocycles. The van der Waals surface area contributed by atoms with E-state index in [1.54, 1.807) is 0 Å². The lowest BCUT2D eigenvalue weighted by atomic mass is 9.96. The molecule has 0 aliphatic carbocycles. The van der Waals surface area contributed by atoms with Gasteiger partial charge in [-0.05, 0) is 56.0 Å². The van der Waals surface area contributed by atoms with E-state index in [0.717, 1.165) is 80.0 Å². The maximum atomic E-state index is 12.4. The van der Waals surface area contributed by atoms with Gasteiger partial charge in [-0.3, -0.25) is 9.89 Å². The number of aromatic nitrogens is 2. The number of aliphatic hydroxyl groups is 4. The van der Waals surface area contributed by atoms with Crippen molar-refractivity contribution in [2.75, 3.05) is 46.4 Å². The first-order valence-corrected chi connectivity index (χ1v) is 15.8. The average molecular weight is 619 g/mol. The predicted octanol–water partition coefficient (Wildman–Crippen LogP) is 1.71. The first-order chi connectivity index (χ1) is 21.1. The fraction of sp³-hybridized carbons (Fsp3) is 0.688. The van der Waals surface area contributed by atoms with Gasteiger partial charge in [0.2, 0.25) is 18.1 Å². The number of carbonyl (C=O) groups excluding carboxylic acids is 1. The van der Waals surface area contributed by atoms with E-state index in [1.807, 2.05) is 43.9 Å². The molecule has 4 rings (SSSR count). The molecule has 44 heavy (non-hydrogen) atoms. The zero-order valence-corrected chi connectivity index (χ0v) is 26.4. The second kappa shape index (κ2) is 16.0. The molecular weight excluding hydrogens is 568 g/mol. The van der Waals surface area contributed by atoms with Crippen molar-refractivity contribution in [3.05, 3.63) is 40.6 Å². The highest BCUT2D eigenvalue weighted by Gasteiger charge is 2.45. The number of hydrogen-bond acceptors (Lipinski definition) is 10. The molecule has 2 aromatic rings. The minimum atomic E-state index is -1.54. The predicted molar refractivity (Wildman–Crippen MR) is 164 cm³/mol. The Kier molecular flexibility index (Phi) is 12.4. The Hall–Kier alpha value is -2.74. The summed E-state index contributed by atoms with van der Waals surface area (Å²) in [5, 5.41) is 47.6. The third-order valence-corrected chi connectivity index (χ3v) is 8.61. The van der Waals surface area contributed by atoms with Gasteiger partial charge in [0, 0.05) is 50.3 Å². The van der Waals surface area contributed by atoms with E-state index >= 15 is 0 Å². The Balaban J connectivity index is 1.27. The minimum absolute atomic E-state index is 0.109. The molecule has 12 nitrogen and oxygen atoms in total. The summed E-state index contributed by atoms with van der Waals surface area (Å²) in [7, 11) is 2.09. The molecule has 0 radical (unpaired) electrons. The minimum Gasteiger partial charge on any atom is -0.494 e. The zero-order valence-electron chi connectivity index (χ0n) is 26.4. The van der Waals surface area contributed by atoms with E-state index < -0.39 is 37.3 Å². The molecule has 246 valence electrons. The van der Waals surface area contributed by atoms with Crippen molar-refractivity contribution >= 4 is 5.91 Å². The highest BCUT2D eigenvalue weighted by molar-refractivity contribution is 5.76. The number of aromatic amines is 1. The third kappa shape index (κ3) is 8.70. The lowest BCUT2D eigenvalue weighted by Crippen LogP contribution is -2.60. The summed E-state index contributed by atoms with van der Waals surface area (Å²) < 4.78 is 17.5. The van der Waals surface area contributed by atoms with Crippen LogP contribution in [0.5, 0.6) is 11.6 Å². The van der Waals surface area contributed by atoms with Crippen LogP contribution in [0.3, 0.4) is 0 Å². The summed E-state index contributed by atoms with van der Waals surface area (Å²) in [4.78, 5) is 16.6. The highest BCUT2D eigenvalue weighted by atomic mass is 16.7. The first-order valence-electron chi connectivity index (χ1n) is 15.8. The molecule has 2 aliphatic rings. The Morgan fingerprint density at radius 3 is 2.48 bits per heavy atom. The summed E-state index contributed by atoms with van der Waals surface area (Å²) >= 11 is 0. The van der Waals surface area contributed by atoms with Gasteiger partial charge in [-0.2, -0.15) is 0 Å². The van der Waals surface area contributed by atoms with Gasteiger partial charge >= 0.3 is 0 Å². The van der Waals surface area contributed by atoms with Crippen LogP contribution in [0.2, 0.25) is 0 Å². The van der Waals surface area contributed by atoms with Gasteiger partial charge in [0.15, 0.2) is 0 Å². The van der Waals surface area contributed by atoms with Gasteiger partial charge in [-0.25, -0.2) is 0 Å². The summed E-state index contributed by atoms with van der Waals surface area (Å²) in [6.45, 7) is 9.72. The van der Waals surface area contributed by atoms with Crippen LogP contribution in [0.25, 0.3) is 0 Å². The van der Waals surface area contributed by atoms with Gasteiger partial charge in [0.05, 0.1) is 13.2 Å². The number of nitrogens with one attached hydrogen (secondary N) is 1. The second-order valence-electron chi connectivity index (χ2n) is 12.4. The summed E-state index contributed by atoms with van der Waals surface area (Å²) in [5.74, 6) is 1.40. The largest absolute Gasteiger partial charge is 0.494 e. The molecule has 5 N–H and O–H groups in total. The lowest BCUT2D eigenvalue weighted by molar-refractivity contribution is -0.278. The molecular formula is C32H50N4O8. The fourth-order valence-electron chi connectivity index (χ4n) is 5.66. The summed E-state index contributed by atoms with van der Waals surface area (Å²) in [5.41, 5.74) is 3.75. The van der Waals surface area contributed by atoms with Gasteiger partial charge in [0.1, 0.15) is 30.2 Å². The van der Waals surface area contributed by atoms with Crippen molar-refractivity contribution in [3.8, 4) is 11.6 Å². The molecule has 5 atom stereocenters. The molecule has 1 aromatic heterocycles. The number of likely N-dealkylation sites (N-methyl/N-ethyl adjacent to an activating group) is 1. The molecule has 3 heterocycles. The zero-order chi connectivity index (χ0) is 31.8. The molecule has 2 aliphatic heterocycles. The van der Waals surface area contributed by atoms with Crippen molar-refractivity contribution in [2.24, 2.45) is 0 Å². The lowest BCUT2D eigenvalue weighted by Gasteiger charge is -2.39. The smallest absolute Gasteiger partial charge is 0.238 e. The van der Waals surface area contributed by atoms with Crippen molar-refractivity contribution in [3.63, 3.8) is 0 Å². The van der Waals surface area contributed by atoms with E-state index in [1.165, 1.54) is 0 Å². The van der Waals surface area contributed by atoms with Gasteiger partial charge in [-0.1, -0.05) is 32.8 Å². The number of nitrogens with zero attached hydrogens (tertiary/aromatic N) is 3. The normalized spacial score (nSPS) is 24.6. The fourth-order valence-corrected chi connectivity index (χ4v) is 5.66. The van der Waals surface area contributed by atoms with Gasteiger partial charge in [-0.15, -0.1) is 5.10 Å². The maximum absolute atomic E-state index is 12.4. The number of carbonyl (C=O) groups is 1. The third-order valence-electron chi connectivity index (χ3n) is 8.61. The van der Waals surface area contributed by atoms with Gasteiger partial charge in [0.25, 0.3) is 0 Å². The number of unbranched alkanes of at least 4 members (excludes halogenated alkanes) is 3. The molecule has 1 amide bonds. The number of ether oxygens (including phenoxy) is 3. The SMILES string of the molecule is Cc1cc(OCCCCCCC(=O)N2CCN(C)CC2)ccc1Cc1c(O[C@@H]2O[C@H](CO)[C@@H](O)[C@H](O)[C@H]2O)n[nH]c1C(C)C. The number of H-pyrrole nitrogens is 1. The average Bonchev–Trinajstić information content (AvgIpc) is 3.40. The summed E-state index contributed by atoms with van der Waals surface area (Å²) in [6.07, 6.45) is -1.94. The van der Waals surface area contributed by atoms with Crippen molar-refractivity contribution in [2.45, 2.75) is 95.9 Å². The summed E-state index contributed by atoms with van der Waals surface area (Å²) in [6, 6.07) is 5.98. The molecule has 2 fully saturated rings. The number of aliphatic hydroxyl groups excluding tert-OH is 4. The maximum Gasteiger partial charge on any atom is 0.238 e. The molecule has 12 heteroatoms. The monoisotopic (exact) mass is 618 g/mol. The number of amides is 1. The first kappa shape index (κ1) is 34.1. The number of rotatable bonds is 14.